The maximum atomic E-state index is 12.9. The van der Waals surface area contributed by atoms with Crippen molar-refractivity contribution in [3.05, 3.63) is 47.5 Å². The lowest BCUT2D eigenvalue weighted by Gasteiger charge is -2.29. The van der Waals surface area contributed by atoms with Crippen molar-refractivity contribution in [2.24, 2.45) is 0 Å². The third kappa shape index (κ3) is 6.03. The van der Waals surface area contributed by atoms with Crippen molar-refractivity contribution in [1.82, 2.24) is 4.90 Å². The van der Waals surface area contributed by atoms with Crippen molar-refractivity contribution in [2.75, 3.05) is 26.5 Å². The number of fused-ring (bicyclic) bond motifs is 1. The second-order valence-corrected chi connectivity index (χ2v) is 7.55. The van der Waals surface area contributed by atoms with Gasteiger partial charge in [-0.1, -0.05) is 19.4 Å². The molecule has 2 aromatic rings. The normalized spacial score (nSPS) is 12.6. The molecule has 0 bridgehead atoms. The molecular formula is C25H29NO7. The molecule has 0 saturated heterocycles. The maximum Gasteiger partial charge on any atom is 0.311 e. The minimum absolute atomic E-state index is 0.0759. The second kappa shape index (κ2) is 11.4. The molecule has 0 fully saturated rings. The van der Waals surface area contributed by atoms with Gasteiger partial charge < -0.3 is 23.8 Å². The Labute approximate surface area is 193 Å². The van der Waals surface area contributed by atoms with E-state index in [0.717, 1.165) is 12.8 Å². The number of ether oxygens (including phenoxy) is 4. The molecule has 8 nitrogen and oxygen atoms in total. The summed E-state index contributed by atoms with van der Waals surface area (Å²) in [4.78, 5) is 38.2. The van der Waals surface area contributed by atoms with Crippen LogP contribution in [0, 0.1) is 0 Å². The lowest BCUT2D eigenvalue weighted by atomic mass is 10.1. The second-order valence-electron chi connectivity index (χ2n) is 7.55. The number of rotatable bonds is 11. The average molecular weight is 456 g/mol. The molecule has 1 amide bonds. The minimum atomic E-state index is -0.355. The SMILES string of the molecule is CCCCC(=O)Oc1c(OCC)cccc1OCCN1COc2ccc(C(C)=O)cc2C1=O. The third-order valence-corrected chi connectivity index (χ3v) is 5.09. The number of unbranched alkanes of at least 4 members (excludes halogenated alkanes) is 1. The van der Waals surface area contributed by atoms with E-state index in [0.29, 0.717) is 41.4 Å². The molecule has 1 aliphatic heterocycles. The number of carbonyl (C=O) groups is 3. The number of amides is 1. The summed E-state index contributed by atoms with van der Waals surface area (Å²) in [6, 6.07) is 9.97. The maximum absolute atomic E-state index is 12.9. The molecule has 0 radical (unpaired) electrons. The Morgan fingerprint density at radius 1 is 1.09 bits per heavy atom. The van der Waals surface area contributed by atoms with Crippen molar-refractivity contribution >= 4 is 17.7 Å². The van der Waals surface area contributed by atoms with Crippen LogP contribution in [0.3, 0.4) is 0 Å². The quantitative estimate of drug-likeness (QED) is 0.284. The van der Waals surface area contributed by atoms with Gasteiger partial charge in [-0.05, 0) is 50.6 Å². The highest BCUT2D eigenvalue weighted by Crippen LogP contribution is 2.38. The molecule has 0 aliphatic carbocycles. The predicted molar refractivity (Wildman–Crippen MR) is 121 cm³/mol. The van der Waals surface area contributed by atoms with Gasteiger partial charge in [-0.2, -0.15) is 0 Å². The van der Waals surface area contributed by atoms with Crippen LogP contribution in [0.25, 0.3) is 0 Å². The number of carbonyl (C=O) groups excluding carboxylic acids is 3. The first-order valence-electron chi connectivity index (χ1n) is 11.1. The molecule has 176 valence electrons. The van der Waals surface area contributed by atoms with Crippen LogP contribution in [0.5, 0.6) is 23.0 Å². The number of esters is 1. The summed E-state index contributed by atoms with van der Waals surface area (Å²) in [5.41, 5.74) is 0.795. The number of hydrogen-bond acceptors (Lipinski definition) is 7. The van der Waals surface area contributed by atoms with E-state index in [-0.39, 0.29) is 43.3 Å². The van der Waals surface area contributed by atoms with Crippen LogP contribution in [-0.4, -0.2) is 49.0 Å². The van der Waals surface area contributed by atoms with Gasteiger partial charge in [-0.3, -0.25) is 14.4 Å². The molecule has 0 N–H and O–H groups in total. The first-order valence-corrected chi connectivity index (χ1v) is 11.1. The summed E-state index contributed by atoms with van der Waals surface area (Å²) < 4.78 is 22.7. The zero-order valence-corrected chi connectivity index (χ0v) is 19.2. The lowest BCUT2D eigenvalue weighted by Crippen LogP contribution is -2.41. The molecular weight excluding hydrogens is 426 g/mol. The van der Waals surface area contributed by atoms with Gasteiger partial charge in [0.05, 0.1) is 18.7 Å². The zero-order valence-electron chi connectivity index (χ0n) is 19.2. The monoisotopic (exact) mass is 455 g/mol. The number of ketones is 1. The minimum Gasteiger partial charge on any atom is -0.490 e. The van der Waals surface area contributed by atoms with Gasteiger partial charge in [-0.25, -0.2) is 0 Å². The van der Waals surface area contributed by atoms with Crippen LogP contribution in [0.1, 0.15) is 60.7 Å². The van der Waals surface area contributed by atoms with Crippen LogP contribution in [-0.2, 0) is 4.79 Å². The van der Waals surface area contributed by atoms with Gasteiger partial charge in [0, 0.05) is 12.0 Å². The highest BCUT2D eigenvalue weighted by molar-refractivity contribution is 6.02. The molecule has 0 unspecified atom stereocenters. The Kier molecular flexibility index (Phi) is 8.29. The van der Waals surface area contributed by atoms with E-state index < -0.39 is 0 Å². The van der Waals surface area contributed by atoms with E-state index in [1.54, 1.807) is 36.4 Å². The van der Waals surface area contributed by atoms with Crippen molar-refractivity contribution in [2.45, 2.75) is 40.0 Å². The van der Waals surface area contributed by atoms with E-state index in [2.05, 4.69) is 0 Å². The molecule has 0 saturated carbocycles. The fraction of sp³-hybridized carbons (Fsp3) is 0.400. The molecule has 0 atom stereocenters. The Balaban J connectivity index is 1.68. The Morgan fingerprint density at radius 2 is 1.85 bits per heavy atom. The third-order valence-electron chi connectivity index (χ3n) is 5.09. The van der Waals surface area contributed by atoms with Gasteiger partial charge in [0.15, 0.2) is 24.0 Å². The average Bonchev–Trinajstić information content (AvgIpc) is 2.81. The van der Waals surface area contributed by atoms with Gasteiger partial charge in [0.25, 0.3) is 5.91 Å². The molecule has 1 aliphatic rings. The molecule has 1 heterocycles. The van der Waals surface area contributed by atoms with E-state index in [4.69, 9.17) is 18.9 Å². The van der Waals surface area contributed by atoms with Crippen LogP contribution < -0.4 is 18.9 Å². The standard InChI is InChI=1S/C25H29NO7/c1-4-6-10-23(28)33-24-21(30-5-2)8-7-9-22(24)31-14-13-26-16-32-20-12-11-18(17(3)27)15-19(20)25(26)29/h7-9,11-12,15H,4-6,10,13-14,16H2,1-3H3. The summed E-state index contributed by atoms with van der Waals surface area (Å²) in [6.45, 7) is 6.16. The Morgan fingerprint density at radius 3 is 2.55 bits per heavy atom. The Bertz CT molecular complexity index is 1020. The topological polar surface area (TPSA) is 91.4 Å². The number of benzene rings is 2. The van der Waals surface area contributed by atoms with Gasteiger partial charge in [0.1, 0.15) is 12.4 Å². The largest absolute Gasteiger partial charge is 0.490 e. The lowest BCUT2D eigenvalue weighted by molar-refractivity contribution is -0.134. The van der Waals surface area contributed by atoms with E-state index in [1.165, 1.54) is 11.8 Å². The van der Waals surface area contributed by atoms with E-state index >= 15 is 0 Å². The van der Waals surface area contributed by atoms with Crippen molar-refractivity contribution in [3.63, 3.8) is 0 Å². The zero-order chi connectivity index (χ0) is 23.8. The molecule has 0 spiro atoms. The van der Waals surface area contributed by atoms with Gasteiger partial charge in [-0.15, -0.1) is 0 Å². The summed E-state index contributed by atoms with van der Waals surface area (Å²) in [5.74, 6) is 0.745. The van der Waals surface area contributed by atoms with E-state index in [9.17, 15) is 14.4 Å². The highest BCUT2D eigenvalue weighted by Gasteiger charge is 2.26. The first-order chi connectivity index (χ1) is 15.9. The van der Waals surface area contributed by atoms with Crippen LogP contribution in [0.15, 0.2) is 36.4 Å². The van der Waals surface area contributed by atoms with E-state index in [1.807, 2.05) is 13.8 Å². The highest BCUT2D eigenvalue weighted by atomic mass is 16.6. The number of Topliss-reactive ketones (excluding diaryl/α,β-unsaturated/α-hetero) is 1. The summed E-state index contributed by atoms with van der Waals surface area (Å²) in [6.07, 6.45) is 1.92. The summed E-state index contributed by atoms with van der Waals surface area (Å²) in [5, 5.41) is 0. The molecule has 3 rings (SSSR count). The summed E-state index contributed by atoms with van der Waals surface area (Å²) >= 11 is 0. The van der Waals surface area contributed by atoms with Crippen molar-refractivity contribution in [1.29, 1.82) is 0 Å². The number of hydrogen-bond donors (Lipinski definition) is 0. The van der Waals surface area contributed by atoms with Gasteiger partial charge in [0.2, 0.25) is 5.75 Å². The number of nitrogens with zero attached hydrogens (tertiary/aromatic N) is 1. The molecule has 2 aromatic carbocycles. The first kappa shape index (κ1) is 24.1. The fourth-order valence-electron chi connectivity index (χ4n) is 3.32. The fourth-order valence-corrected chi connectivity index (χ4v) is 3.32. The van der Waals surface area contributed by atoms with Crippen molar-refractivity contribution < 1.29 is 33.3 Å². The number of para-hydroxylation sites is 1. The van der Waals surface area contributed by atoms with Crippen LogP contribution in [0.2, 0.25) is 0 Å². The van der Waals surface area contributed by atoms with Crippen molar-refractivity contribution in [3.8, 4) is 23.0 Å². The molecule has 33 heavy (non-hydrogen) atoms. The summed E-state index contributed by atoms with van der Waals surface area (Å²) in [7, 11) is 0. The molecule has 8 heteroatoms. The van der Waals surface area contributed by atoms with Crippen LogP contribution >= 0.6 is 0 Å². The Hall–Kier alpha value is -3.55. The smallest absolute Gasteiger partial charge is 0.311 e. The molecule has 0 aromatic heterocycles. The van der Waals surface area contributed by atoms with Gasteiger partial charge >= 0.3 is 5.97 Å². The predicted octanol–water partition coefficient (Wildman–Crippen LogP) is 4.25. The van der Waals surface area contributed by atoms with Crippen LogP contribution in [0.4, 0.5) is 0 Å².